The molecule has 1 fully saturated rings. The van der Waals surface area contributed by atoms with Gasteiger partial charge in [-0.2, -0.15) is 0 Å². The maximum absolute atomic E-state index is 13.4. The fourth-order valence-corrected chi connectivity index (χ4v) is 3.99. The van der Waals surface area contributed by atoms with Crippen LogP contribution in [0.3, 0.4) is 0 Å². The van der Waals surface area contributed by atoms with Gasteiger partial charge in [-0.25, -0.2) is 9.37 Å². The number of benzene rings is 1. The van der Waals surface area contributed by atoms with Crippen molar-refractivity contribution >= 4 is 39.8 Å². The van der Waals surface area contributed by atoms with Gasteiger partial charge in [-0.15, -0.1) is 21.5 Å². The molecule has 9 heteroatoms. The van der Waals surface area contributed by atoms with Crippen LogP contribution in [0.1, 0.15) is 12.8 Å². The number of nitrogens with one attached hydrogen (secondary N) is 1. The molecule has 6 nitrogen and oxygen atoms in total. The number of nitrogens with zero attached hydrogens (tertiary/aromatic N) is 4. The molecule has 0 spiro atoms. The first-order valence-electron chi connectivity index (χ1n) is 8.85. The third kappa shape index (κ3) is 4.28. The molecule has 3 heterocycles. The first-order chi connectivity index (χ1) is 13.6. The van der Waals surface area contributed by atoms with Gasteiger partial charge in [-0.3, -0.25) is 4.79 Å². The Morgan fingerprint density at radius 1 is 1.21 bits per heavy atom. The average molecular weight is 418 g/mol. The third-order valence-electron chi connectivity index (χ3n) is 4.66. The van der Waals surface area contributed by atoms with E-state index in [4.69, 9.17) is 11.6 Å². The number of hydrogen-bond acceptors (Lipinski definition) is 6. The molecule has 1 aliphatic rings. The van der Waals surface area contributed by atoms with Gasteiger partial charge in [0.15, 0.2) is 16.1 Å². The summed E-state index contributed by atoms with van der Waals surface area (Å²) in [6.07, 6.45) is 1.44. The molecular weight excluding hydrogens is 401 g/mol. The molecule has 3 aromatic rings. The molecule has 28 heavy (non-hydrogen) atoms. The predicted octanol–water partition coefficient (Wildman–Crippen LogP) is 4.25. The summed E-state index contributed by atoms with van der Waals surface area (Å²) in [6, 6.07) is 9.79. The van der Waals surface area contributed by atoms with E-state index in [9.17, 15) is 9.18 Å². The zero-order chi connectivity index (χ0) is 19.5. The summed E-state index contributed by atoms with van der Waals surface area (Å²) in [5.41, 5.74) is 1.34. The Bertz CT molecular complexity index is 972. The van der Waals surface area contributed by atoms with E-state index in [1.54, 1.807) is 18.2 Å². The van der Waals surface area contributed by atoms with Gasteiger partial charge in [-0.1, -0.05) is 23.7 Å². The molecule has 0 saturated carbocycles. The molecule has 0 aliphatic carbocycles. The average Bonchev–Trinajstić information content (AvgIpc) is 3.17. The van der Waals surface area contributed by atoms with Crippen molar-refractivity contribution < 1.29 is 9.18 Å². The molecule has 1 saturated heterocycles. The van der Waals surface area contributed by atoms with Crippen molar-refractivity contribution in [1.82, 2.24) is 15.2 Å². The van der Waals surface area contributed by atoms with Crippen LogP contribution >= 0.6 is 22.9 Å². The maximum atomic E-state index is 13.4. The maximum Gasteiger partial charge on any atom is 0.229 e. The topological polar surface area (TPSA) is 71.0 Å². The molecule has 1 N–H and O–H groups in total. The van der Waals surface area contributed by atoms with Crippen LogP contribution in [0.15, 0.2) is 41.8 Å². The van der Waals surface area contributed by atoms with Crippen molar-refractivity contribution in [1.29, 1.82) is 0 Å². The number of halogens is 2. The molecule has 1 amide bonds. The largest absolute Gasteiger partial charge is 0.355 e. The lowest BCUT2D eigenvalue weighted by Gasteiger charge is -2.31. The van der Waals surface area contributed by atoms with E-state index in [0.29, 0.717) is 21.5 Å². The van der Waals surface area contributed by atoms with E-state index in [0.717, 1.165) is 31.7 Å². The van der Waals surface area contributed by atoms with E-state index in [1.165, 1.54) is 23.5 Å². The van der Waals surface area contributed by atoms with E-state index >= 15 is 0 Å². The van der Waals surface area contributed by atoms with Gasteiger partial charge in [0.1, 0.15) is 5.82 Å². The van der Waals surface area contributed by atoms with Gasteiger partial charge in [0.05, 0.1) is 5.69 Å². The molecule has 144 valence electrons. The molecule has 0 atom stereocenters. The van der Waals surface area contributed by atoms with Crippen LogP contribution in [-0.4, -0.2) is 34.2 Å². The summed E-state index contributed by atoms with van der Waals surface area (Å²) in [4.78, 5) is 19.1. The van der Waals surface area contributed by atoms with Crippen molar-refractivity contribution in [3.63, 3.8) is 0 Å². The number of hydrogen-bond donors (Lipinski definition) is 1. The molecule has 2 aromatic heterocycles. The Kier molecular flexibility index (Phi) is 5.50. The minimum atomic E-state index is -0.312. The second kappa shape index (κ2) is 8.20. The molecule has 0 unspecified atom stereocenters. The summed E-state index contributed by atoms with van der Waals surface area (Å²) in [5, 5.41) is 13.5. The van der Waals surface area contributed by atoms with Crippen molar-refractivity contribution in [2.75, 3.05) is 23.3 Å². The van der Waals surface area contributed by atoms with Gasteiger partial charge >= 0.3 is 0 Å². The lowest BCUT2D eigenvalue weighted by atomic mass is 9.96. The number of carbonyl (C=O) groups excluding carboxylic acids is 1. The lowest BCUT2D eigenvalue weighted by Crippen LogP contribution is -2.38. The highest BCUT2D eigenvalue weighted by Gasteiger charge is 2.26. The van der Waals surface area contributed by atoms with Gasteiger partial charge in [0, 0.05) is 30.0 Å². The van der Waals surface area contributed by atoms with Crippen molar-refractivity contribution in [3.8, 4) is 11.3 Å². The van der Waals surface area contributed by atoms with Crippen LogP contribution < -0.4 is 10.2 Å². The van der Waals surface area contributed by atoms with E-state index in [2.05, 4.69) is 25.4 Å². The Balaban J connectivity index is 1.34. The van der Waals surface area contributed by atoms with Crippen LogP contribution in [0.4, 0.5) is 15.3 Å². The summed E-state index contributed by atoms with van der Waals surface area (Å²) < 4.78 is 13.4. The molecule has 1 aliphatic heterocycles. The summed E-state index contributed by atoms with van der Waals surface area (Å²) in [6.45, 7) is 1.45. The SMILES string of the molecule is O=C(Nc1nc(-c2cccc(F)c2)cs1)C1CCN(c2ccc(Cl)nn2)CC1. The van der Waals surface area contributed by atoms with E-state index in [-0.39, 0.29) is 17.6 Å². The molecular formula is C19H17ClFN5OS. The highest BCUT2D eigenvalue weighted by atomic mass is 35.5. The van der Waals surface area contributed by atoms with Crippen LogP contribution in [0.25, 0.3) is 11.3 Å². The van der Waals surface area contributed by atoms with Crippen LogP contribution in [0, 0.1) is 11.7 Å². The van der Waals surface area contributed by atoms with Gasteiger partial charge in [0.25, 0.3) is 0 Å². The lowest BCUT2D eigenvalue weighted by molar-refractivity contribution is -0.120. The molecule has 0 bridgehead atoms. The number of rotatable bonds is 4. The zero-order valence-corrected chi connectivity index (χ0v) is 16.4. The highest BCUT2D eigenvalue weighted by Crippen LogP contribution is 2.27. The first kappa shape index (κ1) is 18.8. The Hall–Kier alpha value is -2.58. The minimum Gasteiger partial charge on any atom is -0.355 e. The quantitative estimate of drug-likeness (QED) is 0.687. The number of thiazole rings is 1. The number of carbonyl (C=O) groups is 1. The third-order valence-corrected chi connectivity index (χ3v) is 5.62. The molecule has 1 aromatic carbocycles. The molecule has 4 rings (SSSR count). The fraction of sp³-hybridized carbons (Fsp3) is 0.263. The summed E-state index contributed by atoms with van der Waals surface area (Å²) in [7, 11) is 0. The Morgan fingerprint density at radius 2 is 2.04 bits per heavy atom. The van der Waals surface area contributed by atoms with Crippen LogP contribution in [0.5, 0.6) is 0 Å². The zero-order valence-electron chi connectivity index (χ0n) is 14.8. The highest BCUT2D eigenvalue weighted by molar-refractivity contribution is 7.14. The Morgan fingerprint density at radius 3 is 2.75 bits per heavy atom. The van der Waals surface area contributed by atoms with Crippen molar-refractivity contribution in [2.45, 2.75) is 12.8 Å². The summed E-state index contributed by atoms with van der Waals surface area (Å²) in [5.74, 6) is 0.330. The van der Waals surface area contributed by atoms with E-state index in [1.807, 2.05) is 11.4 Å². The van der Waals surface area contributed by atoms with Crippen molar-refractivity contribution in [3.05, 3.63) is 52.7 Å². The second-order valence-corrected chi connectivity index (χ2v) is 7.76. The first-order valence-corrected chi connectivity index (χ1v) is 10.1. The predicted molar refractivity (Wildman–Crippen MR) is 108 cm³/mol. The normalized spacial score (nSPS) is 14.9. The van der Waals surface area contributed by atoms with Gasteiger partial charge < -0.3 is 10.2 Å². The van der Waals surface area contributed by atoms with Gasteiger partial charge in [-0.05, 0) is 37.1 Å². The fourth-order valence-electron chi connectivity index (χ4n) is 3.17. The number of piperidine rings is 1. The standard InChI is InChI=1S/C19H17ClFN5OS/c20-16-4-5-17(25-24-16)26-8-6-12(7-9-26)18(27)23-19-22-15(11-28-19)13-2-1-3-14(21)10-13/h1-5,10-12H,6-9H2,(H,22,23,27). The van der Waals surface area contributed by atoms with E-state index < -0.39 is 0 Å². The van der Waals surface area contributed by atoms with Crippen LogP contribution in [-0.2, 0) is 4.79 Å². The minimum absolute atomic E-state index is 0.0398. The number of aromatic nitrogens is 3. The smallest absolute Gasteiger partial charge is 0.229 e. The number of amides is 1. The summed E-state index contributed by atoms with van der Waals surface area (Å²) >= 11 is 7.11. The Labute approximate surface area is 170 Å². The monoisotopic (exact) mass is 417 g/mol. The molecule has 0 radical (unpaired) electrons. The van der Waals surface area contributed by atoms with Crippen molar-refractivity contribution in [2.24, 2.45) is 5.92 Å². The number of anilines is 2. The second-order valence-electron chi connectivity index (χ2n) is 6.51. The van der Waals surface area contributed by atoms with Gasteiger partial charge in [0.2, 0.25) is 5.91 Å². The van der Waals surface area contributed by atoms with Crippen LogP contribution in [0.2, 0.25) is 5.15 Å².